The Bertz CT molecular complexity index is 597. The number of rotatable bonds is 7. The molecule has 2 N–H and O–H groups in total. The molecule has 112 valence electrons. The van der Waals surface area contributed by atoms with Crippen molar-refractivity contribution in [1.29, 1.82) is 0 Å². The number of hydrogen-bond donors (Lipinski definition) is 2. The Kier molecular flexibility index (Phi) is 5.68. The highest BCUT2D eigenvalue weighted by Crippen LogP contribution is 2.09. The van der Waals surface area contributed by atoms with Crippen molar-refractivity contribution in [2.45, 2.75) is 26.7 Å². The second-order valence-corrected chi connectivity index (χ2v) is 5.78. The van der Waals surface area contributed by atoms with Gasteiger partial charge in [-0.3, -0.25) is 4.79 Å². The number of amides is 1. The normalized spacial score (nSPS) is 10.4. The number of carbonyl (C=O) groups excluding carboxylic acids is 1. The topological polar surface area (TPSA) is 66.9 Å². The quantitative estimate of drug-likeness (QED) is 0.825. The molecule has 5 nitrogen and oxygen atoms in total. The van der Waals surface area contributed by atoms with Crippen LogP contribution in [0.1, 0.15) is 34.4 Å². The van der Waals surface area contributed by atoms with Crippen LogP contribution in [0, 0.1) is 6.92 Å². The summed E-state index contributed by atoms with van der Waals surface area (Å²) in [4.78, 5) is 20.6. The first-order valence-electron chi connectivity index (χ1n) is 7.08. The molecule has 1 amide bonds. The van der Waals surface area contributed by atoms with Crippen LogP contribution in [-0.4, -0.2) is 29.0 Å². The van der Waals surface area contributed by atoms with Gasteiger partial charge in [-0.25, -0.2) is 9.97 Å². The smallest absolute Gasteiger partial charge is 0.251 e. The Morgan fingerprint density at radius 3 is 2.95 bits per heavy atom. The van der Waals surface area contributed by atoms with E-state index in [0.717, 1.165) is 35.9 Å². The highest BCUT2D eigenvalue weighted by molar-refractivity contribution is 7.09. The van der Waals surface area contributed by atoms with E-state index in [2.05, 4.69) is 27.5 Å². The first-order valence-corrected chi connectivity index (χ1v) is 7.96. The second-order valence-electron chi connectivity index (χ2n) is 4.72. The van der Waals surface area contributed by atoms with Gasteiger partial charge in [-0.1, -0.05) is 6.92 Å². The first-order chi connectivity index (χ1) is 10.2. The summed E-state index contributed by atoms with van der Waals surface area (Å²) in [6, 6.07) is 3.50. The molecular formula is C15H20N4OS. The van der Waals surface area contributed by atoms with Gasteiger partial charge < -0.3 is 10.6 Å². The van der Waals surface area contributed by atoms with Gasteiger partial charge in [0.15, 0.2) is 0 Å². The van der Waals surface area contributed by atoms with Crippen molar-refractivity contribution >= 4 is 23.1 Å². The SMILES string of the molecule is CCCNc1cc(C(=O)NCCc2csc(C)n2)ccn1. The molecule has 0 bridgehead atoms. The molecule has 2 aromatic heterocycles. The largest absolute Gasteiger partial charge is 0.370 e. The van der Waals surface area contributed by atoms with Crippen LogP contribution in [0.5, 0.6) is 0 Å². The molecule has 0 aromatic carbocycles. The number of carbonyl (C=O) groups is 1. The zero-order valence-electron chi connectivity index (χ0n) is 12.3. The van der Waals surface area contributed by atoms with E-state index in [9.17, 15) is 4.79 Å². The van der Waals surface area contributed by atoms with Gasteiger partial charge >= 0.3 is 0 Å². The summed E-state index contributed by atoms with van der Waals surface area (Å²) in [6.07, 6.45) is 3.42. The zero-order chi connectivity index (χ0) is 15.1. The Balaban J connectivity index is 1.85. The number of aryl methyl sites for hydroxylation is 1. The minimum absolute atomic E-state index is 0.0797. The number of anilines is 1. The maximum Gasteiger partial charge on any atom is 0.251 e. The van der Waals surface area contributed by atoms with Crippen LogP contribution in [0.4, 0.5) is 5.82 Å². The van der Waals surface area contributed by atoms with Crippen LogP contribution in [0.25, 0.3) is 0 Å². The molecule has 0 aliphatic rings. The molecule has 0 aliphatic heterocycles. The molecule has 0 spiro atoms. The van der Waals surface area contributed by atoms with Gasteiger partial charge in [0.25, 0.3) is 5.91 Å². The molecule has 2 heterocycles. The standard InChI is InChI=1S/C15H20N4OS/c1-3-6-16-14-9-12(4-7-17-14)15(20)18-8-5-13-10-21-11(2)19-13/h4,7,9-10H,3,5-6,8H2,1-2H3,(H,16,17)(H,18,20). The third kappa shape index (κ3) is 4.82. The molecule has 0 aliphatic carbocycles. The van der Waals surface area contributed by atoms with Gasteiger partial charge in [0.1, 0.15) is 5.82 Å². The molecule has 0 unspecified atom stereocenters. The molecule has 0 saturated heterocycles. The predicted molar refractivity (Wildman–Crippen MR) is 85.9 cm³/mol. The third-order valence-corrected chi connectivity index (χ3v) is 3.73. The van der Waals surface area contributed by atoms with E-state index in [4.69, 9.17) is 0 Å². The molecule has 2 rings (SSSR count). The highest BCUT2D eigenvalue weighted by Gasteiger charge is 2.07. The Morgan fingerprint density at radius 2 is 2.24 bits per heavy atom. The van der Waals surface area contributed by atoms with Crippen molar-refractivity contribution in [3.63, 3.8) is 0 Å². The molecule has 6 heteroatoms. The van der Waals surface area contributed by atoms with Crippen molar-refractivity contribution in [1.82, 2.24) is 15.3 Å². The molecule has 2 aromatic rings. The summed E-state index contributed by atoms with van der Waals surface area (Å²) in [6.45, 7) is 5.50. The van der Waals surface area contributed by atoms with Gasteiger partial charge in [-0.05, 0) is 25.5 Å². The highest BCUT2D eigenvalue weighted by atomic mass is 32.1. The van der Waals surface area contributed by atoms with Gasteiger partial charge in [0, 0.05) is 36.7 Å². The fourth-order valence-electron chi connectivity index (χ4n) is 1.85. The number of aromatic nitrogens is 2. The van der Waals surface area contributed by atoms with Crippen molar-refractivity contribution < 1.29 is 4.79 Å². The van der Waals surface area contributed by atoms with E-state index in [1.165, 1.54) is 0 Å². The van der Waals surface area contributed by atoms with Crippen molar-refractivity contribution in [2.75, 3.05) is 18.4 Å². The minimum atomic E-state index is -0.0797. The lowest BCUT2D eigenvalue weighted by Gasteiger charge is -2.07. The minimum Gasteiger partial charge on any atom is -0.370 e. The number of nitrogens with one attached hydrogen (secondary N) is 2. The summed E-state index contributed by atoms with van der Waals surface area (Å²) < 4.78 is 0. The van der Waals surface area contributed by atoms with E-state index in [0.29, 0.717) is 12.1 Å². The number of thiazole rings is 1. The van der Waals surface area contributed by atoms with Crippen molar-refractivity contribution in [2.24, 2.45) is 0 Å². The summed E-state index contributed by atoms with van der Waals surface area (Å²) in [7, 11) is 0. The molecule has 21 heavy (non-hydrogen) atoms. The fourth-order valence-corrected chi connectivity index (χ4v) is 2.50. The first kappa shape index (κ1) is 15.4. The Morgan fingerprint density at radius 1 is 1.38 bits per heavy atom. The average Bonchev–Trinajstić information content (AvgIpc) is 2.91. The van der Waals surface area contributed by atoms with E-state index in [-0.39, 0.29) is 5.91 Å². The molecule has 0 radical (unpaired) electrons. The molecule has 0 fully saturated rings. The van der Waals surface area contributed by atoms with Crippen molar-refractivity contribution in [3.8, 4) is 0 Å². The molecule has 0 saturated carbocycles. The van der Waals surface area contributed by atoms with E-state index in [1.807, 2.05) is 12.3 Å². The number of hydrogen-bond acceptors (Lipinski definition) is 5. The fraction of sp³-hybridized carbons (Fsp3) is 0.400. The van der Waals surface area contributed by atoms with Gasteiger partial charge in [-0.15, -0.1) is 11.3 Å². The lowest BCUT2D eigenvalue weighted by Crippen LogP contribution is -2.26. The average molecular weight is 304 g/mol. The third-order valence-electron chi connectivity index (χ3n) is 2.91. The Hall–Kier alpha value is -1.95. The van der Waals surface area contributed by atoms with Crippen LogP contribution in [-0.2, 0) is 6.42 Å². The van der Waals surface area contributed by atoms with E-state index in [1.54, 1.807) is 29.7 Å². The lowest BCUT2D eigenvalue weighted by molar-refractivity contribution is 0.0954. The monoisotopic (exact) mass is 304 g/mol. The Labute approximate surface area is 128 Å². The summed E-state index contributed by atoms with van der Waals surface area (Å²) in [5.41, 5.74) is 1.65. The number of pyridine rings is 1. The second kappa shape index (κ2) is 7.73. The summed E-state index contributed by atoms with van der Waals surface area (Å²) >= 11 is 1.63. The molecular weight excluding hydrogens is 284 g/mol. The maximum absolute atomic E-state index is 12.1. The van der Waals surface area contributed by atoms with Crippen LogP contribution in [0.15, 0.2) is 23.7 Å². The summed E-state index contributed by atoms with van der Waals surface area (Å²) in [5, 5.41) is 9.17. The van der Waals surface area contributed by atoms with Gasteiger partial charge in [0.2, 0.25) is 0 Å². The van der Waals surface area contributed by atoms with Crippen LogP contribution in [0.2, 0.25) is 0 Å². The van der Waals surface area contributed by atoms with Crippen LogP contribution >= 0.6 is 11.3 Å². The maximum atomic E-state index is 12.1. The van der Waals surface area contributed by atoms with Gasteiger partial charge in [0.05, 0.1) is 10.7 Å². The molecule has 0 atom stereocenters. The summed E-state index contributed by atoms with van der Waals surface area (Å²) in [5.74, 6) is 0.656. The zero-order valence-corrected chi connectivity index (χ0v) is 13.2. The predicted octanol–water partition coefficient (Wildman–Crippen LogP) is 2.64. The number of nitrogens with zero attached hydrogens (tertiary/aromatic N) is 2. The van der Waals surface area contributed by atoms with Crippen LogP contribution in [0.3, 0.4) is 0 Å². The lowest BCUT2D eigenvalue weighted by atomic mass is 10.2. The van der Waals surface area contributed by atoms with E-state index < -0.39 is 0 Å². The van der Waals surface area contributed by atoms with Gasteiger partial charge in [-0.2, -0.15) is 0 Å². The van der Waals surface area contributed by atoms with Crippen molar-refractivity contribution in [3.05, 3.63) is 40.0 Å². The van der Waals surface area contributed by atoms with E-state index >= 15 is 0 Å². The van der Waals surface area contributed by atoms with Crippen LogP contribution < -0.4 is 10.6 Å².